The maximum absolute atomic E-state index is 5.77. The summed E-state index contributed by atoms with van der Waals surface area (Å²) in [5.41, 5.74) is 1.17. The van der Waals surface area contributed by atoms with Crippen molar-refractivity contribution in [1.82, 2.24) is 4.98 Å². The quantitative estimate of drug-likeness (QED) is 0.833. The van der Waals surface area contributed by atoms with Crippen LogP contribution in [-0.4, -0.2) is 11.5 Å². The summed E-state index contributed by atoms with van der Waals surface area (Å²) in [6.45, 7) is 5.71. The van der Waals surface area contributed by atoms with Gasteiger partial charge in [0.25, 0.3) is 0 Å². The van der Waals surface area contributed by atoms with Gasteiger partial charge in [-0.15, -0.1) is 0 Å². The van der Waals surface area contributed by atoms with Crippen LogP contribution in [0, 0.1) is 6.92 Å². The lowest BCUT2D eigenvalue weighted by atomic mass is 10.2. The molecule has 1 aromatic heterocycles. The van der Waals surface area contributed by atoms with Crippen LogP contribution in [0.2, 0.25) is 0 Å². The number of nitrogens with one attached hydrogen (secondary N) is 1. The molecule has 0 aliphatic rings. The Labute approximate surface area is 126 Å². The van der Waals surface area contributed by atoms with Crippen LogP contribution in [-0.2, 0) is 6.61 Å². The van der Waals surface area contributed by atoms with Crippen LogP contribution in [0.3, 0.4) is 0 Å². The summed E-state index contributed by atoms with van der Waals surface area (Å²) >= 11 is 5.12. The van der Waals surface area contributed by atoms with Crippen molar-refractivity contribution in [2.45, 2.75) is 26.9 Å². The fraction of sp³-hybridized carbons (Fsp3) is 0.357. The molecule has 1 N–H and O–H groups in total. The second-order valence-electron chi connectivity index (χ2n) is 4.26. The van der Waals surface area contributed by atoms with Crippen molar-refractivity contribution in [3.8, 4) is 5.75 Å². The third-order valence-corrected chi connectivity index (χ3v) is 4.41. The van der Waals surface area contributed by atoms with Crippen LogP contribution >= 0.6 is 27.3 Å². The molecule has 0 radical (unpaired) electrons. The lowest BCUT2D eigenvalue weighted by Gasteiger charge is -2.06. The normalized spacial score (nSPS) is 10.5. The molecule has 102 valence electrons. The number of ether oxygens (including phenoxy) is 1. The van der Waals surface area contributed by atoms with Crippen LogP contribution < -0.4 is 10.1 Å². The second kappa shape index (κ2) is 6.91. The van der Waals surface area contributed by atoms with E-state index < -0.39 is 0 Å². The Balaban J connectivity index is 1.91. The van der Waals surface area contributed by atoms with Crippen molar-refractivity contribution in [3.63, 3.8) is 0 Å². The van der Waals surface area contributed by atoms with E-state index in [0.717, 1.165) is 33.2 Å². The van der Waals surface area contributed by atoms with Gasteiger partial charge in [0.1, 0.15) is 12.4 Å². The molecule has 0 bridgehead atoms. The lowest BCUT2D eigenvalue weighted by Crippen LogP contribution is -1.97. The number of anilines is 1. The van der Waals surface area contributed by atoms with Gasteiger partial charge in [-0.1, -0.05) is 34.2 Å². The van der Waals surface area contributed by atoms with E-state index in [1.54, 1.807) is 11.3 Å². The largest absolute Gasteiger partial charge is 0.488 e. The van der Waals surface area contributed by atoms with Gasteiger partial charge in [-0.05, 0) is 37.1 Å². The molecule has 0 saturated carbocycles. The number of aryl methyl sites for hydroxylation is 1. The Morgan fingerprint density at radius 1 is 1.42 bits per heavy atom. The van der Waals surface area contributed by atoms with E-state index in [9.17, 15) is 0 Å². The van der Waals surface area contributed by atoms with Gasteiger partial charge in [-0.2, -0.15) is 0 Å². The third kappa shape index (κ3) is 4.21. The first-order chi connectivity index (χ1) is 9.19. The maximum atomic E-state index is 5.77. The van der Waals surface area contributed by atoms with Crippen LogP contribution in [0.5, 0.6) is 5.75 Å². The number of hydrogen-bond acceptors (Lipinski definition) is 4. The summed E-state index contributed by atoms with van der Waals surface area (Å²) in [5.74, 6) is 0.886. The van der Waals surface area contributed by atoms with Gasteiger partial charge < -0.3 is 10.1 Å². The smallest absolute Gasteiger partial charge is 0.182 e. The molecule has 5 heteroatoms. The molecule has 2 rings (SSSR count). The highest BCUT2D eigenvalue weighted by Gasteiger charge is 2.03. The summed E-state index contributed by atoms with van der Waals surface area (Å²) in [7, 11) is 0. The molecular formula is C14H17BrN2OS. The Morgan fingerprint density at radius 2 is 2.26 bits per heavy atom. The number of benzene rings is 1. The predicted octanol–water partition coefficient (Wildman–Crippen LogP) is 4.61. The minimum absolute atomic E-state index is 0.562. The van der Waals surface area contributed by atoms with Crippen molar-refractivity contribution in [3.05, 3.63) is 39.3 Å². The van der Waals surface area contributed by atoms with Gasteiger partial charge in [0.2, 0.25) is 0 Å². The lowest BCUT2D eigenvalue weighted by molar-refractivity contribution is 0.309. The van der Waals surface area contributed by atoms with Gasteiger partial charge in [0, 0.05) is 17.2 Å². The monoisotopic (exact) mass is 340 g/mol. The van der Waals surface area contributed by atoms with Crippen LogP contribution in [0.4, 0.5) is 5.13 Å². The van der Waals surface area contributed by atoms with Crippen molar-refractivity contribution < 1.29 is 4.74 Å². The van der Waals surface area contributed by atoms with Crippen molar-refractivity contribution >= 4 is 32.4 Å². The first kappa shape index (κ1) is 14.3. The van der Waals surface area contributed by atoms with Crippen LogP contribution in [0.15, 0.2) is 28.9 Å². The Hall–Kier alpha value is -1.07. The van der Waals surface area contributed by atoms with Crippen molar-refractivity contribution in [1.29, 1.82) is 0 Å². The van der Waals surface area contributed by atoms with Gasteiger partial charge >= 0.3 is 0 Å². The second-order valence-corrected chi connectivity index (χ2v) is 6.23. The molecule has 0 spiro atoms. The molecule has 0 fully saturated rings. The zero-order valence-electron chi connectivity index (χ0n) is 11.1. The third-order valence-electron chi connectivity index (χ3n) is 2.59. The van der Waals surface area contributed by atoms with E-state index in [0.29, 0.717) is 6.61 Å². The highest BCUT2D eigenvalue weighted by atomic mass is 79.9. The van der Waals surface area contributed by atoms with Gasteiger partial charge in [0.15, 0.2) is 5.13 Å². The van der Waals surface area contributed by atoms with E-state index in [2.05, 4.69) is 40.1 Å². The summed E-state index contributed by atoms with van der Waals surface area (Å²) in [5, 5.41) is 4.24. The molecule has 2 aromatic rings. The first-order valence-electron chi connectivity index (χ1n) is 6.26. The van der Waals surface area contributed by atoms with E-state index in [1.807, 2.05) is 24.4 Å². The molecule has 0 aliphatic heterocycles. The topological polar surface area (TPSA) is 34.2 Å². The van der Waals surface area contributed by atoms with E-state index in [4.69, 9.17) is 4.74 Å². The Morgan fingerprint density at radius 3 is 3.00 bits per heavy atom. The average molecular weight is 341 g/mol. The van der Waals surface area contributed by atoms with E-state index in [1.165, 1.54) is 5.56 Å². The number of nitrogens with zero attached hydrogens (tertiary/aromatic N) is 1. The number of halogens is 1. The van der Waals surface area contributed by atoms with Crippen LogP contribution in [0.25, 0.3) is 0 Å². The van der Waals surface area contributed by atoms with Crippen molar-refractivity contribution in [2.75, 3.05) is 11.9 Å². The molecule has 0 amide bonds. The minimum atomic E-state index is 0.562. The highest BCUT2D eigenvalue weighted by Crippen LogP contribution is 2.24. The summed E-state index contributed by atoms with van der Waals surface area (Å²) < 4.78 is 6.87. The maximum Gasteiger partial charge on any atom is 0.182 e. The number of rotatable bonds is 6. The van der Waals surface area contributed by atoms with E-state index in [-0.39, 0.29) is 0 Å². The number of thiazole rings is 1. The zero-order chi connectivity index (χ0) is 13.7. The zero-order valence-corrected chi connectivity index (χ0v) is 13.5. The molecule has 0 aliphatic carbocycles. The Kier molecular flexibility index (Phi) is 5.22. The highest BCUT2D eigenvalue weighted by molar-refractivity contribution is 9.10. The fourth-order valence-corrected chi connectivity index (χ4v) is 2.55. The molecule has 19 heavy (non-hydrogen) atoms. The SMILES string of the molecule is CCCNc1ncc(COc2ccc(Br)c(C)c2)s1. The van der Waals surface area contributed by atoms with Gasteiger partial charge in [0.05, 0.1) is 4.88 Å². The molecule has 1 heterocycles. The molecule has 1 aromatic carbocycles. The first-order valence-corrected chi connectivity index (χ1v) is 7.87. The summed E-state index contributed by atoms with van der Waals surface area (Å²) in [6, 6.07) is 6.00. The molecule has 0 atom stereocenters. The van der Waals surface area contributed by atoms with Crippen molar-refractivity contribution in [2.24, 2.45) is 0 Å². The molecule has 0 saturated heterocycles. The standard InChI is InChI=1S/C14H17BrN2OS/c1-3-6-16-14-17-8-12(19-14)9-18-11-4-5-13(15)10(2)7-11/h4-5,7-8H,3,6,9H2,1-2H3,(H,16,17). The van der Waals surface area contributed by atoms with Crippen LogP contribution in [0.1, 0.15) is 23.8 Å². The van der Waals surface area contributed by atoms with E-state index >= 15 is 0 Å². The Bertz CT molecular complexity index is 542. The summed E-state index contributed by atoms with van der Waals surface area (Å²) in [6.07, 6.45) is 2.97. The molecule has 3 nitrogen and oxygen atoms in total. The number of aromatic nitrogens is 1. The molecular weight excluding hydrogens is 324 g/mol. The van der Waals surface area contributed by atoms with Gasteiger partial charge in [-0.3, -0.25) is 0 Å². The summed E-state index contributed by atoms with van der Waals surface area (Å²) in [4.78, 5) is 5.44. The van der Waals surface area contributed by atoms with Gasteiger partial charge in [-0.25, -0.2) is 4.98 Å². The fourth-order valence-electron chi connectivity index (χ4n) is 1.55. The molecule has 0 unspecified atom stereocenters. The number of hydrogen-bond donors (Lipinski definition) is 1. The average Bonchev–Trinajstić information content (AvgIpc) is 2.86. The predicted molar refractivity (Wildman–Crippen MR) is 84.1 cm³/mol. The minimum Gasteiger partial charge on any atom is -0.488 e.